The summed E-state index contributed by atoms with van der Waals surface area (Å²) in [5.74, 6) is -0.559. The van der Waals surface area contributed by atoms with Crippen molar-refractivity contribution in [3.63, 3.8) is 0 Å². The third-order valence-corrected chi connectivity index (χ3v) is 5.36. The highest BCUT2D eigenvalue weighted by molar-refractivity contribution is 6.06. The minimum Gasteiger partial charge on any atom is -0.464 e. The first-order valence-corrected chi connectivity index (χ1v) is 9.34. The molecule has 7 heteroatoms. The molecule has 0 N–H and O–H groups in total. The van der Waals surface area contributed by atoms with Crippen molar-refractivity contribution in [1.82, 2.24) is 9.47 Å². The van der Waals surface area contributed by atoms with Gasteiger partial charge in [-0.25, -0.2) is 4.79 Å². The molecule has 0 aliphatic heterocycles. The lowest BCUT2D eigenvalue weighted by molar-refractivity contribution is -0.134. The molecule has 1 fully saturated rings. The first-order chi connectivity index (χ1) is 12.8. The van der Waals surface area contributed by atoms with Crippen LogP contribution in [-0.2, 0) is 21.3 Å². The Labute approximate surface area is 160 Å². The van der Waals surface area contributed by atoms with Gasteiger partial charge in [-0.3, -0.25) is 9.59 Å². The zero-order valence-corrected chi connectivity index (χ0v) is 17.1. The second-order valence-electron chi connectivity index (χ2n) is 7.18. The average Bonchev–Trinajstić information content (AvgIpc) is 3.46. The molecule has 0 aromatic carbocycles. The van der Waals surface area contributed by atoms with Gasteiger partial charge in [0, 0.05) is 44.5 Å². The SMILES string of the molecule is COCCCN(C(=O)C1CC1)C(C)C(=O)c1c(C)c(C(=O)OC)n(C)c1C. The number of aromatic nitrogens is 1. The Bertz CT molecular complexity index is 733. The second-order valence-corrected chi connectivity index (χ2v) is 7.18. The van der Waals surface area contributed by atoms with E-state index in [1.54, 1.807) is 44.4 Å². The van der Waals surface area contributed by atoms with Crippen LogP contribution in [0.1, 0.15) is 58.3 Å². The van der Waals surface area contributed by atoms with E-state index < -0.39 is 12.0 Å². The second kappa shape index (κ2) is 8.69. The van der Waals surface area contributed by atoms with Gasteiger partial charge in [0.15, 0.2) is 5.78 Å². The molecular formula is C20H30N2O5. The summed E-state index contributed by atoms with van der Waals surface area (Å²) in [4.78, 5) is 39.8. The van der Waals surface area contributed by atoms with Crippen LogP contribution in [0.15, 0.2) is 0 Å². The molecule has 0 radical (unpaired) electrons. The summed E-state index contributed by atoms with van der Waals surface area (Å²) in [6.45, 7) is 6.32. The molecule has 1 atom stereocenters. The number of ketones is 1. The van der Waals surface area contributed by atoms with Crippen LogP contribution < -0.4 is 0 Å². The maximum absolute atomic E-state index is 13.3. The number of methoxy groups -OCH3 is 2. The first kappa shape index (κ1) is 21.2. The molecule has 7 nitrogen and oxygen atoms in total. The van der Waals surface area contributed by atoms with Crippen molar-refractivity contribution in [3.05, 3.63) is 22.5 Å². The van der Waals surface area contributed by atoms with Gasteiger partial charge in [0.25, 0.3) is 0 Å². The number of ether oxygens (including phenoxy) is 2. The molecule has 1 aromatic rings. The number of amides is 1. The highest BCUT2D eigenvalue weighted by atomic mass is 16.5. The smallest absolute Gasteiger partial charge is 0.354 e. The van der Waals surface area contributed by atoms with E-state index in [1.807, 2.05) is 0 Å². The van der Waals surface area contributed by atoms with E-state index in [0.29, 0.717) is 42.1 Å². The van der Waals surface area contributed by atoms with Crippen molar-refractivity contribution >= 4 is 17.7 Å². The summed E-state index contributed by atoms with van der Waals surface area (Å²) in [7, 11) is 4.68. The lowest BCUT2D eigenvalue weighted by Gasteiger charge is -2.29. The number of nitrogens with zero attached hydrogens (tertiary/aromatic N) is 2. The van der Waals surface area contributed by atoms with E-state index in [-0.39, 0.29) is 17.6 Å². The van der Waals surface area contributed by atoms with Crippen LogP contribution in [0, 0.1) is 19.8 Å². The Morgan fingerprint density at radius 1 is 1.22 bits per heavy atom. The van der Waals surface area contributed by atoms with Crippen molar-refractivity contribution in [2.75, 3.05) is 27.4 Å². The van der Waals surface area contributed by atoms with Crippen molar-refractivity contribution in [3.8, 4) is 0 Å². The van der Waals surface area contributed by atoms with Crippen LogP contribution in [0.3, 0.4) is 0 Å². The Hall–Kier alpha value is -2.15. The number of hydrogen-bond acceptors (Lipinski definition) is 5. The van der Waals surface area contributed by atoms with Crippen LogP contribution in [0.25, 0.3) is 0 Å². The molecule has 1 unspecified atom stereocenters. The third kappa shape index (κ3) is 4.24. The van der Waals surface area contributed by atoms with Gasteiger partial charge in [-0.2, -0.15) is 0 Å². The van der Waals surface area contributed by atoms with Crippen molar-refractivity contribution < 1.29 is 23.9 Å². The number of Topliss-reactive ketones (excluding diaryl/α,β-unsaturated/α-hetero) is 1. The van der Waals surface area contributed by atoms with E-state index >= 15 is 0 Å². The predicted molar refractivity (Wildman–Crippen MR) is 101 cm³/mol. The van der Waals surface area contributed by atoms with Crippen molar-refractivity contribution in [1.29, 1.82) is 0 Å². The molecule has 1 saturated carbocycles. The van der Waals surface area contributed by atoms with Crippen LogP contribution in [0.5, 0.6) is 0 Å². The summed E-state index contributed by atoms with van der Waals surface area (Å²) in [5, 5.41) is 0. The highest BCUT2D eigenvalue weighted by Gasteiger charge is 2.38. The topological polar surface area (TPSA) is 77.8 Å². The normalized spacial score (nSPS) is 14.7. The molecule has 0 saturated heterocycles. The van der Waals surface area contributed by atoms with E-state index in [0.717, 1.165) is 12.8 Å². The average molecular weight is 378 g/mol. The zero-order chi connectivity index (χ0) is 20.3. The van der Waals surface area contributed by atoms with Gasteiger partial charge in [-0.15, -0.1) is 0 Å². The number of esters is 1. The van der Waals surface area contributed by atoms with E-state index in [4.69, 9.17) is 9.47 Å². The van der Waals surface area contributed by atoms with E-state index in [9.17, 15) is 14.4 Å². The lowest BCUT2D eigenvalue weighted by Crippen LogP contribution is -2.45. The predicted octanol–water partition coefficient (Wildman–Crippen LogP) is 2.27. The Balaban J connectivity index is 2.33. The summed E-state index contributed by atoms with van der Waals surface area (Å²) in [6.07, 6.45) is 2.44. The van der Waals surface area contributed by atoms with Gasteiger partial charge in [-0.1, -0.05) is 0 Å². The molecule has 150 valence electrons. The van der Waals surface area contributed by atoms with Crippen molar-refractivity contribution in [2.24, 2.45) is 13.0 Å². The standard InChI is InChI=1S/C20H30N2O5/c1-12-16(13(2)21(4)17(12)20(25)27-6)18(23)14(3)22(10-7-11-26-5)19(24)15-8-9-15/h14-15H,7-11H2,1-6H3. The van der Waals surface area contributed by atoms with E-state index in [1.165, 1.54) is 7.11 Å². The quantitative estimate of drug-likeness (QED) is 0.374. The number of hydrogen-bond donors (Lipinski definition) is 0. The number of carbonyl (C=O) groups excluding carboxylic acids is 3. The molecule has 1 amide bonds. The third-order valence-electron chi connectivity index (χ3n) is 5.36. The molecule has 1 aromatic heterocycles. The fourth-order valence-corrected chi connectivity index (χ4v) is 3.52. The molecule has 0 bridgehead atoms. The molecule has 1 heterocycles. The molecule has 1 aliphatic carbocycles. The Morgan fingerprint density at radius 3 is 2.37 bits per heavy atom. The summed E-state index contributed by atoms with van der Waals surface area (Å²) in [6, 6.07) is -0.597. The molecular weight excluding hydrogens is 348 g/mol. The summed E-state index contributed by atoms with van der Waals surface area (Å²) in [5.41, 5.74) is 2.14. The van der Waals surface area contributed by atoms with Gasteiger partial charge in [0.05, 0.1) is 13.2 Å². The minimum absolute atomic E-state index is 0.0337. The fourth-order valence-electron chi connectivity index (χ4n) is 3.52. The van der Waals surface area contributed by atoms with Crippen LogP contribution >= 0.6 is 0 Å². The number of carbonyl (C=O) groups is 3. The number of rotatable bonds is 9. The fraction of sp³-hybridized carbons (Fsp3) is 0.650. The largest absolute Gasteiger partial charge is 0.464 e. The molecule has 27 heavy (non-hydrogen) atoms. The first-order valence-electron chi connectivity index (χ1n) is 9.34. The summed E-state index contributed by atoms with van der Waals surface area (Å²) >= 11 is 0. The minimum atomic E-state index is -0.597. The van der Waals surface area contributed by atoms with Gasteiger partial charge in [-0.05, 0) is 45.6 Å². The van der Waals surface area contributed by atoms with Crippen LogP contribution in [0.2, 0.25) is 0 Å². The van der Waals surface area contributed by atoms with Crippen molar-refractivity contribution in [2.45, 2.75) is 46.1 Å². The van der Waals surface area contributed by atoms with Gasteiger partial charge < -0.3 is 18.9 Å². The molecule has 1 aliphatic rings. The summed E-state index contributed by atoms with van der Waals surface area (Å²) < 4.78 is 11.6. The maximum Gasteiger partial charge on any atom is 0.354 e. The molecule has 0 spiro atoms. The van der Waals surface area contributed by atoms with Gasteiger partial charge >= 0.3 is 5.97 Å². The van der Waals surface area contributed by atoms with Crippen LogP contribution in [-0.4, -0.2) is 60.5 Å². The molecule has 2 rings (SSSR count). The monoisotopic (exact) mass is 378 g/mol. The van der Waals surface area contributed by atoms with Crippen LogP contribution in [0.4, 0.5) is 0 Å². The Kier molecular flexibility index (Phi) is 6.81. The zero-order valence-electron chi connectivity index (χ0n) is 17.1. The maximum atomic E-state index is 13.3. The van der Waals surface area contributed by atoms with Gasteiger partial charge in [0.2, 0.25) is 5.91 Å². The lowest BCUT2D eigenvalue weighted by atomic mass is 9.99. The van der Waals surface area contributed by atoms with Gasteiger partial charge in [0.1, 0.15) is 5.69 Å². The Morgan fingerprint density at radius 2 is 1.85 bits per heavy atom. The highest BCUT2D eigenvalue weighted by Crippen LogP contribution is 2.32. The van der Waals surface area contributed by atoms with E-state index in [2.05, 4.69) is 0 Å².